The van der Waals surface area contributed by atoms with E-state index in [1.54, 1.807) is 12.4 Å². The zero-order chi connectivity index (χ0) is 14.2. The molecule has 21 heavy (non-hydrogen) atoms. The minimum absolute atomic E-state index is 0.415. The number of nitrogens with zero attached hydrogens (tertiary/aromatic N) is 4. The minimum Gasteiger partial charge on any atom is -0.325 e. The minimum atomic E-state index is 0.415. The third-order valence-electron chi connectivity index (χ3n) is 3.75. The summed E-state index contributed by atoms with van der Waals surface area (Å²) < 4.78 is 0. The summed E-state index contributed by atoms with van der Waals surface area (Å²) in [5.41, 5.74) is 10.1. The lowest BCUT2D eigenvalue weighted by molar-refractivity contribution is 0.987. The monoisotopic (exact) mass is 277 g/mol. The Hall–Kier alpha value is -2.40. The lowest BCUT2D eigenvalue weighted by Crippen LogP contribution is -2.00. The predicted molar refractivity (Wildman–Crippen MR) is 80.4 cm³/mol. The molecule has 0 spiro atoms. The summed E-state index contributed by atoms with van der Waals surface area (Å²) in [6, 6.07) is 5.90. The Morgan fingerprint density at radius 1 is 1.05 bits per heavy atom. The number of fused-ring (bicyclic) bond motifs is 1. The van der Waals surface area contributed by atoms with Gasteiger partial charge in [0, 0.05) is 30.2 Å². The Labute approximate surface area is 122 Å². The molecule has 1 aliphatic carbocycles. The van der Waals surface area contributed by atoms with E-state index in [-0.39, 0.29) is 0 Å². The molecular weight excluding hydrogens is 262 g/mol. The summed E-state index contributed by atoms with van der Waals surface area (Å²) in [5.74, 6) is 0.589. The van der Waals surface area contributed by atoms with Crippen LogP contribution in [-0.2, 0) is 6.54 Å². The van der Waals surface area contributed by atoms with Gasteiger partial charge in [0.2, 0.25) is 0 Å². The van der Waals surface area contributed by atoms with E-state index in [4.69, 9.17) is 5.73 Å². The molecule has 2 N–H and O–H groups in total. The zero-order valence-electron chi connectivity index (χ0n) is 11.5. The average Bonchev–Trinajstić information content (AvgIpc) is 3.39. The summed E-state index contributed by atoms with van der Waals surface area (Å²) in [7, 11) is 0. The van der Waals surface area contributed by atoms with Gasteiger partial charge in [-0.25, -0.2) is 9.97 Å². The molecule has 104 valence electrons. The average molecular weight is 277 g/mol. The van der Waals surface area contributed by atoms with Crippen LogP contribution in [0.4, 0.5) is 0 Å². The van der Waals surface area contributed by atoms with E-state index in [1.807, 2.05) is 24.4 Å². The highest BCUT2D eigenvalue weighted by molar-refractivity contribution is 5.80. The molecule has 0 atom stereocenters. The fraction of sp³-hybridized carbons (Fsp3) is 0.250. The van der Waals surface area contributed by atoms with Crippen LogP contribution >= 0.6 is 0 Å². The van der Waals surface area contributed by atoms with Gasteiger partial charge in [-0.1, -0.05) is 0 Å². The van der Waals surface area contributed by atoms with Crippen LogP contribution in [0.25, 0.3) is 22.3 Å². The summed E-state index contributed by atoms with van der Waals surface area (Å²) in [6.45, 7) is 0.415. The molecule has 0 bridgehead atoms. The van der Waals surface area contributed by atoms with Crippen LogP contribution in [-0.4, -0.2) is 19.9 Å². The van der Waals surface area contributed by atoms with Crippen LogP contribution in [0.5, 0.6) is 0 Å². The van der Waals surface area contributed by atoms with Crippen LogP contribution in [0.3, 0.4) is 0 Å². The van der Waals surface area contributed by atoms with Crippen molar-refractivity contribution in [2.45, 2.75) is 25.3 Å². The van der Waals surface area contributed by atoms with Crippen molar-refractivity contribution in [3.63, 3.8) is 0 Å². The van der Waals surface area contributed by atoms with Crippen molar-refractivity contribution in [2.24, 2.45) is 5.73 Å². The number of nitrogens with two attached hydrogens (primary N) is 1. The second kappa shape index (κ2) is 4.86. The van der Waals surface area contributed by atoms with E-state index in [0.717, 1.165) is 33.7 Å². The third-order valence-corrected chi connectivity index (χ3v) is 3.75. The number of hydrogen-bond donors (Lipinski definition) is 1. The van der Waals surface area contributed by atoms with Crippen molar-refractivity contribution in [1.82, 2.24) is 19.9 Å². The fourth-order valence-corrected chi connectivity index (χ4v) is 2.39. The fourth-order valence-electron chi connectivity index (χ4n) is 2.39. The maximum absolute atomic E-state index is 5.64. The highest BCUT2D eigenvalue weighted by Gasteiger charge is 2.25. The first-order valence-corrected chi connectivity index (χ1v) is 7.11. The summed E-state index contributed by atoms with van der Waals surface area (Å²) in [4.78, 5) is 17.9. The van der Waals surface area contributed by atoms with Crippen molar-refractivity contribution in [1.29, 1.82) is 0 Å². The van der Waals surface area contributed by atoms with Gasteiger partial charge in [0.05, 0.1) is 28.8 Å². The van der Waals surface area contributed by atoms with Crippen LogP contribution in [0.1, 0.15) is 30.1 Å². The molecule has 0 aromatic carbocycles. The molecule has 3 heterocycles. The van der Waals surface area contributed by atoms with Gasteiger partial charge in [0.1, 0.15) is 5.69 Å². The van der Waals surface area contributed by atoms with E-state index in [9.17, 15) is 0 Å². The molecule has 1 aliphatic rings. The molecule has 5 nitrogen and oxygen atoms in total. The molecule has 3 aromatic heterocycles. The maximum atomic E-state index is 5.64. The second-order valence-corrected chi connectivity index (χ2v) is 5.37. The predicted octanol–water partition coefficient (Wildman–Crippen LogP) is 2.42. The molecule has 0 aliphatic heterocycles. The molecule has 0 unspecified atom stereocenters. The van der Waals surface area contributed by atoms with E-state index in [0.29, 0.717) is 12.5 Å². The van der Waals surface area contributed by atoms with Crippen LogP contribution < -0.4 is 5.73 Å². The Balaban J connectivity index is 1.80. The molecule has 0 amide bonds. The molecular formula is C16H15N5. The van der Waals surface area contributed by atoms with E-state index in [1.165, 1.54) is 12.8 Å². The largest absolute Gasteiger partial charge is 0.325 e. The van der Waals surface area contributed by atoms with Crippen molar-refractivity contribution in [3.05, 3.63) is 48.2 Å². The molecule has 3 aromatic rings. The molecule has 5 heteroatoms. The molecule has 0 radical (unpaired) electrons. The number of pyridine rings is 2. The lowest BCUT2D eigenvalue weighted by atomic mass is 10.2. The Kier molecular flexibility index (Phi) is 2.86. The number of rotatable bonds is 3. The highest BCUT2D eigenvalue weighted by Crippen LogP contribution is 2.39. The molecule has 0 saturated heterocycles. The first kappa shape index (κ1) is 12.3. The SMILES string of the molecule is NCc1cc2nc(-c3cncc(C4CC4)n3)ccc2cn1. The Morgan fingerprint density at radius 3 is 2.76 bits per heavy atom. The van der Waals surface area contributed by atoms with Crippen LogP contribution in [0.2, 0.25) is 0 Å². The van der Waals surface area contributed by atoms with Crippen LogP contribution in [0, 0.1) is 0 Å². The maximum Gasteiger partial charge on any atom is 0.107 e. The van der Waals surface area contributed by atoms with Crippen molar-refractivity contribution >= 4 is 10.9 Å². The zero-order valence-corrected chi connectivity index (χ0v) is 11.5. The quantitative estimate of drug-likeness (QED) is 0.795. The number of aromatic nitrogens is 4. The van der Waals surface area contributed by atoms with Crippen molar-refractivity contribution < 1.29 is 0 Å². The lowest BCUT2D eigenvalue weighted by Gasteiger charge is -2.05. The first-order valence-electron chi connectivity index (χ1n) is 7.11. The van der Waals surface area contributed by atoms with Gasteiger partial charge < -0.3 is 5.73 Å². The third kappa shape index (κ3) is 2.36. The molecule has 4 rings (SSSR count). The van der Waals surface area contributed by atoms with Gasteiger partial charge in [-0.05, 0) is 31.0 Å². The summed E-state index contributed by atoms with van der Waals surface area (Å²) in [6.07, 6.45) is 7.87. The van der Waals surface area contributed by atoms with Gasteiger partial charge in [0.25, 0.3) is 0 Å². The normalized spacial score (nSPS) is 14.5. The van der Waals surface area contributed by atoms with Crippen LogP contribution in [0.15, 0.2) is 36.8 Å². The van der Waals surface area contributed by atoms with E-state index < -0.39 is 0 Å². The summed E-state index contributed by atoms with van der Waals surface area (Å²) in [5, 5.41) is 1.00. The van der Waals surface area contributed by atoms with Gasteiger partial charge in [-0.15, -0.1) is 0 Å². The molecule has 1 fully saturated rings. The van der Waals surface area contributed by atoms with E-state index in [2.05, 4.69) is 19.9 Å². The Morgan fingerprint density at radius 2 is 1.95 bits per heavy atom. The second-order valence-electron chi connectivity index (χ2n) is 5.37. The highest BCUT2D eigenvalue weighted by atomic mass is 14.9. The first-order chi connectivity index (χ1) is 10.3. The summed E-state index contributed by atoms with van der Waals surface area (Å²) >= 11 is 0. The van der Waals surface area contributed by atoms with Gasteiger partial charge in [-0.2, -0.15) is 0 Å². The van der Waals surface area contributed by atoms with Gasteiger partial charge in [0.15, 0.2) is 0 Å². The van der Waals surface area contributed by atoms with Crippen molar-refractivity contribution in [3.8, 4) is 11.4 Å². The van der Waals surface area contributed by atoms with Gasteiger partial charge in [-0.3, -0.25) is 9.97 Å². The Bertz CT molecular complexity index is 811. The smallest absolute Gasteiger partial charge is 0.107 e. The number of hydrogen-bond acceptors (Lipinski definition) is 5. The van der Waals surface area contributed by atoms with Crippen molar-refractivity contribution in [2.75, 3.05) is 0 Å². The standard InChI is InChI=1S/C16H15N5/c17-6-12-5-14-11(7-19-12)3-4-13(20-14)16-9-18-8-15(21-16)10-1-2-10/h3-5,7-10H,1-2,6,17H2. The molecule has 1 saturated carbocycles. The topological polar surface area (TPSA) is 77.6 Å². The van der Waals surface area contributed by atoms with Gasteiger partial charge >= 0.3 is 0 Å². The van der Waals surface area contributed by atoms with E-state index >= 15 is 0 Å².